The number of carbonyl (C=O) groups is 1. The Balaban J connectivity index is 2.97. The molecule has 19 heavy (non-hydrogen) atoms. The van der Waals surface area contributed by atoms with Crippen molar-refractivity contribution in [2.45, 2.75) is 53.0 Å². The highest BCUT2D eigenvalue weighted by atomic mass is 16.2. The molecule has 0 saturated heterocycles. The maximum absolute atomic E-state index is 12.6. The van der Waals surface area contributed by atoms with Gasteiger partial charge in [0.25, 0.3) is 5.91 Å². The van der Waals surface area contributed by atoms with Crippen LogP contribution in [0.3, 0.4) is 0 Å². The van der Waals surface area contributed by atoms with Crippen LogP contribution < -0.4 is 5.73 Å². The first kappa shape index (κ1) is 15.5. The minimum atomic E-state index is 0.0558. The molecule has 2 N–H and O–H groups in total. The van der Waals surface area contributed by atoms with Gasteiger partial charge in [0.2, 0.25) is 0 Å². The standard InChI is InChI=1S/C16H26N2O/c1-5-7-10-18(13(4)6-2)16(19)14-9-8-12(3)11-15(14)17/h8-9,11,13H,5-7,10,17H2,1-4H3. The summed E-state index contributed by atoms with van der Waals surface area (Å²) >= 11 is 0. The predicted molar refractivity (Wildman–Crippen MR) is 81.3 cm³/mol. The summed E-state index contributed by atoms with van der Waals surface area (Å²) in [5.41, 5.74) is 8.27. The Labute approximate surface area is 116 Å². The third kappa shape index (κ3) is 3.98. The fourth-order valence-electron chi connectivity index (χ4n) is 2.10. The van der Waals surface area contributed by atoms with E-state index in [0.29, 0.717) is 11.3 Å². The highest BCUT2D eigenvalue weighted by molar-refractivity contribution is 5.99. The molecule has 3 nitrogen and oxygen atoms in total. The summed E-state index contributed by atoms with van der Waals surface area (Å²) in [6.45, 7) is 9.12. The summed E-state index contributed by atoms with van der Waals surface area (Å²) < 4.78 is 0. The van der Waals surface area contributed by atoms with Crippen molar-refractivity contribution in [1.29, 1.82) is 0 Å². The molecule has 0 aromatic heterocycles. The summed E-state index contributed by atoms with van der Waals surface area (Å²) in [7, 11) is 0. The average Bonchev–Trinajstić information content (AvgIpc) is 2.38. The number of anilines is 1. The molecule has 0 aliphatic rings. The van der Waals surface area contributed by atoms with Crippen LogP contribution in [0, 0.1) is 6.92 Å². The number of nitrogen functional groups attached to an aromatic ring is 1. The Hall–Kier alpha value is -1.51. The van der Waals surface area contributed by atoms with Crippen LogP contribution in [0.5, 0.6) is 0 Å². The topological polar surface area (TPSA) is 46.3 Å². The SMILES string of the molecule is CCCCN(C(=O)c1ccc(C)cc1N)C(C)CC. The number of hydrogen-bond donors (Lipinski definition) is 1. The maximum atomic E-state index is 12.6. The molecule has 1 aromatic rings. The minimum Gasteiger partial charge on any atom is -0.398 e. The molecule has 0 fully saturated rings. The number of amides is 1. The van der Waals surface area contributed by atoms with Crippen LogP contribution in [0.25, 0.3) is 0 Å². The number of aryl methyl sites for hydroxylation is 1. The van der Waals surface area contributed by atoms with Gasteiger partial charge in [-0.2, -0.15) is 0 Å². The number of benzene rings is 1. The van der Waals surface area contributed by atoms with Gasteiger partial charge in [-0.1, -0.05) is 26.3 Å². The van der Waals surface area contributed by atoms with Crippen molar-refractivity contribution < 1.29 is 4.79 Å². The smallest absolute Gasteiger partial charge is 0.256 e. The van der Waals surface area contributed by atoms with Crippen LogP contribution in [0.2, 0.25) is 0 Å². The second-order valence-corrected chi connectivity index (χ2v) is 5.20. The fraction of sp³-hybridized carbons (Fsp3) is 0.562. The molecule has 0 aliphatic carbocycles. The van der Waals surface area contributed by atoms with Crippen LogP contribution in [0.1, 0.15) is 56.0 Å². The molecule has 0 spiro atoms. The molecule has 3 heteroatoms. The van der Waals surface area contributed by atoms with E-state index in [9.17, 15) is 4.79 Å². The van der Waals surface area contributed by atoms with Gasteiger partial charge in [0, 0.05) is 18.3 Å². The highest BCUT2D eigenvalue weighted by Crippen LogP contribution is 2.18. The molecule has 0 bridgehead atoms. The quantitative estimate of drug-likeness (QED) is 0.796. The van der Waals surface area contributed by atoms with Crippen LogP contribution in [-0.2, 0) is 0 Å². The van der Waals surface area contributed by atoms with E-state index in [1.165, 1.54) is 0 Å². The highest BCUT2D eigenvalue weighted by Gasteiger charge is 2.21. The predicted octanol–water partition coefficient (Wildman–Crippen LogP) is 3.62. The number of unbranched alkanes of at least 4 members (excludes halogenated alkanes) is 1. The zero-order valence-electron chi connectivity index (χ0n) is 12.6. The fourth-order valence-corrected chi connectivity index (χ4v) is 2.10. The van der Waals surface area contributed by atoms with Crippen molar-refractivity contribution in [3.63, 3.8) is 0 Å². The molecule has 1 atom stereocenters. The van der Waals surface area contributed by atoms with E-state index in [-0.39, 0.29) is 11.9 Å². The second-order valence-electron chi connectivity index (χ2n) is 5.20. The normalized spacial score (nSPS) is 12.2. The molecule has 0 saturated carbocycles. The Kier molecular flexibility index (Phi) is 5.87. The molecule has 1 unspecified atom stereocenters. The summed E-state index contributed by atoms with van der Waals surface area (Å²) in [6.07, 6.45) is 3.08. The van der Waals surface area contributed by atoms with Gasteiger partial charge >= 0.3 is 0 Å². The van der Waals surface area contributed by atoms with E-state index in [4.69, 9.17) is 5.73 Å². The van der Waals surface area contributed by atoms with Crippen LogP contribution in [0.15, 0.2) is 18.2 Å². The molecular weight excluding hydrogens is 236 g/mol. The average molecular weight is 262 g/mol. The molecule has 0 aliphatic heterocycles. The van der Waals surface area contributed by atoms with Gasteiger partial charge in [-0.15, -0.1) is 0 Å². The largest absolute Gasteiger partial charge is 0.398 e. The van der Waals surface area contributed by atoms with Gasteiger partial charge in [0.15, 0.2) is 0 Å². The maximum Gasteiger partial charge on any atom is 0.256 e. The van der Waals surface area contributed by atoms with Crippen LogP contribution in [0.4, 0.5) is 5.69 Å². The van der Waals surface area contributed by atoms with E-state index >= 15 is 0 Å². The summed E-state index contributed by atoms with van der Waals surface area (Å²) in [5.74, 6) is 0.0558. The van der Waals surface area contributed by atoms with E-state index in [0.717, 1.165) is 31.4 Å². The summed E-state index contributed by atoms with van der Waals surface area (Å²) in [4.78, 5) is 14.6. The van der Waals surface area contributed by atoms with Crippen molar-refractivity contribution >= 4 is 11.6 Å². The first-order valence-corrected chi connectivity index (χ1v) is 7.18. The van der Waals surface area contributed by atoms with Crippen molar-refractivity contribution in [1.82, 2.24) is 4.90 Å². The Bertz CT molecular complexity index is 429. The minimum absolute atomic E-state index is 0.0558. The van der Waals surface area contributed by atoms with E-state index < -0.39 is 0 Å². The zero-order chi connectivity index (χ0) is 14.4. The lowest BCUT2D eigenvalue weighted by Gasteiger charge is -2.29. The van der Waals surface area contributed by atoms with Crippen molar-refractivity contribution in [3.8, 4) is 0 Å². The first-order valence-electron chi connectivity index (χ1n) is 7.18. The monoisotopic (exact) mass is 262 g/mol. The van der Waals surface area contributed by atoms with Gasteiger partial charge < -0.3 is 10.6 Å². The zero-order valence-corrected chi connectivity index (χ0v) is 12.6. The van der Waals surface area contributed by atoms with Crippen LogP contribution in [-0.4, -0.2) is 23.4 Å². The Morgan fingerprint density at radius 3 is 2.58 bits per heavy atom. The summed E-state index contributed by atoms with van der Waals surface area (Å²) in [6, 6.07) is 5.90. The van der Waals surface area contributed by atoms with Crippen molar-refractivity contribution in [3.05, 3.63) is 29.3 Å². The van der Waals surface area contributed by atoms with Crippen molar-refractivity contribution in [2.75, 3.05) is 12.3 Å². The third-order valence-electron chi connectivity index (χ3n) is 3.57. The van der Waals surface area contributed by atoms with Gasteiger partial charge in [0.1, 0.15) is 0 Å². The van der Waals surface area contributed by atoms with Gasteiger partial charge in [0.05, 0.1) is 5.56 Å². The molecule has 1 aromatic carbocycles. The number of nitrogens with zero attached hydrogens (tertiary/aromatic N) is 1. The van der Waals surface area contributed by atoms with Crippen molar-refractivity contribution in [2.24, 2.45) is 0 Å². The van der Waals surface area contributed by atoms with Crippen LogP contribution >= 0.6 is 0 Å². The lowest BCUT2D eigenvalue weighted by Crippen LogP contribution is -2.39. The van der Waals surface area contributed by atoms with Gasteiger partial charge in [-0.3, -0.25) is 4.79 Å². The number of carbonyl (C=O) groups excluding carboxylic acids is 1. The summed E-state index contributed by atoms with van der Waals surface area (Å²) in [5, 5.41) is 0. The number of hydrogen-bond acceptors (Lipinski definition) is 2. The Morgan fingerprint density at radius 2 is 2.05 bits per heavy atom. The van der Waals surface area contributed by atoms with Gasteiger partial charge in [-0.25, -0.2) is 0 Å². The third-order valence-corrected chi connectivity index (χ3v) is 3.57. The van der Waals surface area contributed by atoms with E-state index in [1.54, 1.807) is 0 Å². The Morgan fingerprint density at radius 1 is 1.37 bits per heavy atom. The number of nitrogens with two attached hydrogens (primary N) is 1. The molecular formula is C16H26N2O. The van der Waals surface area contributed by atoms with E-state index in [1.807, 2.05) is 30.0 Å². The molecule has 1 amide bonds. The lowest BCUT2D eigenvalue weighted by molar-refractivity contribution is 0.0686. The first-order chi connectivity index (χ1) is 9.01. The lowest BCUT2D eigenvalue weighted by atomic mass is 10.1. The molecule has 1 rings (SSSR count). The number of rotatable bonds is 6. The second kappa shape index (κ2) is 7.17. The molecule has 0 radical (unpaired) electrons. The molecule has 0 heterocycles. The van der Waals surface area contributed by atoms with E-state index in [2.05, 4.69) is 20.8 Å². The van der Waals surface area contributed by atoms with Gasteiger partial charge in [-0.05, 0) is 44.4 Å². The molecule has 106 valence electrons.